The fourth-order valence-corrected chi connectivity index (χ4v) is 5.65. The maximum atomic E-state index is 10.0. The minimum absolute atomic E-state index is 0.0276. The van der Waals surface area contributed by atoms with Gasteiger partial charge in [-0.3, -0.25) is 0 Å². The van der Waals surface area contributed by atoms with Gasteiger partial charge in [0, 0.05) is 18.7 Å². The van der Waals surface area contributed by atoms with Crippen molar-refractivity contribution >= 4 is 28.6 Å². The molecule has 1 aromatic carbocycles. The Morgan fingerprint density at radius 3 is 2.74 bits per heavy atom. The first-order chi connectivity index (χ1) is 18.4. The molecule has 0 amide bonds. The summed E-state index contributed by atoms with van der Waals surface area (Å²) in [4.78, 5) is 16.6. The van der Waals surface area contributed by atoms with E-state index in [1.54, 1.807) is 13.4 Å². The van der Waals surface area contributed by atoms with Crippen LogP contribution in [-0.4, -0.2) is 66.8 Å². The van der Waals surface area contributed by atoms with Gasteiger partial charge in [0.05, 0.1) is 48.8 Å². The van der Waals surface area contributed by atoms with Gasteiger partial charge >= 0.3 is 0 Å². The van der Waals surface area contributed by atoms with Crippen molar-refractivity contribution in [3.05, 3.63) is 41.5 Å². The van der Waals surface area contributed by atoms with Crippen molar-refractivity contribution in [1.29, 1.82) is 0 Å². The SMILES string of the molecule is COc1cc(-n2cnc(Nc3nc(N4CCC[C@H]4CO)c4c(C)nn([C@H]5C[C@H](N)C5)c4n3)c2)cc(C)c1C. The van der Waals surface area contributed by atoms with Crippen molar-refractivity contribution in [2.75, 3.05) is 30.5 Å². The first-order valence-electron chi connectivity index (χ1n) is 13.2. The van der Waals surface area contributed by atoms with Crippen LogP contribution in [0.4, 0.5) is 17.6 Å². The predicted octanol–water partition coefficient (Wildman–Crippen LogP) is 3.31. The minimum Gasteiger partial charge on any atom is -0.496 e. The molecule has 1 aliphatic carbocycles. The number of imidazole rings is 1. The third-order valence-electron chi connectivity index (χ3n) is 8.01. The summed E-state index contributed by atoms with van der Waals surface area (Å²) in [6.45, 7) is 7.04. The number of anilines is 3. The quantitative estimate of drug-likeness (QED) is 0.338. The van der Waals surface area contributed by atoms with Crippen LogP contribution in [0, 0.1) is 20.8 Å². The lowest BCUT2D eigenvalue weighted by Gasteiger charge is -2.32. The average Bonchev–Trinajstić information content (AvgIpc) is 3.62. The van der Waals surface area contributed by atoms with Gasteiger partial charge in [-0.2, -0.15) is 15.1 Å². The van der Waals surface area contributed by atoms with E-state index >= 15 is 0 Å². The molecule has 4 N–H and O–H groups in total. The standard InChI is InChI=1S/C27H35N9O2/c1-15-8-20(11-22(38-4)16(15)2)34-12-23(29-14-34)30-27-31-25(35-7-5-6-19(35)13-37)24-17(3)33-36(26(24)32-27)21-9-18(28)10-21/h8,11-12,14,18-19,21,37H,5-7,9-10,13,28H2,1-4H3,(H,30,31,32)/t18-,19-,21-/m0/s1. The predicted molar refractivity (Wildman–Crippen MR) is 147 cm³/mol. The van der Waals surface area contributed by atoms with Crippen LogP contribution in [0.25, 0.3) is 16.7 Å². The number of fused-ring (bicyclic) bond motifs is 1. The Labute approximate surface area is 221 Å². The number of aliphatic hydroxyl groups is 1. The van der Waals surface area contributed by atoms with Crippen LogP contribution in [0.5, 0.6) is 5.75 Å². The molecule has 11 nitrogen and oxygen atoms in total. The Hall–Kier alpha value is -3.70. The number of methoxy groups -OCH3 is 1. The molecule has 1 aliphatic heterocycles. The summed E-state index contributed by atoms with van der Waals surface area (Å²) in [5, 5.41) is 19.2. The number of hydrogen-bond donors (Lipinski definition) is 3. The molecular formula is C27H35N9O2. The molecule has 2 aliphatic rings. The van der Waals surface area contributed by atoms with E-state index < -0.39 is 0 Å². The largest absolute Gasteiger partial charge is 0.496 e. The molecule has 200 valence electrons. The Morgan fingerprint density at radius 2 is 2.00 bits per heavy atom. The van der Waals surface area contributed by atoms with Crippen LogP contribution in [-0.2, 0) is 0 Å². The third-order valence-corrected chi connectivity index (χ3v) is 8.01. The van der Waals surface area contributed by atoms with Crippen LogP contribution >= 0.6 is 0 Å². The molecule has 11 heteroatoms. The van der Waals surface area contributed by atoms with E-state index in [1.165, 1.54) is 0 Å². The Kier molecular flexibility index (Phi) is 6.19. The zero-order valence-corrected chi connectivity index (χ0v) is 22.3. The molecule has 1 atom stereocenters. The number of nitrogens with two attached hydrogens (primary N) is 1. The highest BCUT2D eigenvalue weighted by molar-refractivity contribution is 5.91. The maximum absolute atomic E-state index is 10.0. The first-order valence-corrected chi connectivity index (χ1v) is 13.2. The van der Waals surface area contributed by atoms with E-state index in [0.29, 0.717) is 11.8 Å². The van der Waals surface area contributed by atoms with Crippen molar-refractivity contribution in [3.63, 3.8) is 0 Å². The summed E-state index contributed by atoms with van der Waals surface area (Å²) in [6, 6.07) is 4.56. The molecule has 0 spiro atoms. The van der Waals surface area contributed by atoms with Crippen molar-refractivity contribution in [1.82, 2.24) is 29.3 Å². The summed E-state index contributed by atoms with van der Waals surface area (Å²) in [5.41, 5.74) is 11.0. The van der Waals surface area contributed by atoms with Gasteiger partial charge in [-0.15, -0.1) is 0 Å². The molecule has 0 bridgehead atoms. The Bertz CT molecular complexity index is 1490. The summed E-state index contributed by atoms with van der Waals surface area (Å²) in [6.07, 6.45) is 7.37. The number of aryl methyl sites for hydroxylation is 2. The van der Waals surface area contributed by atoms with Gasteiger partial charge in [0.1, 0.15) is 17.9 Å². The van der Waals surface area contributed by atoms with Gasteiger partial charge in [-0.25, -0.2) is 9.67 Å². The monoisotopic (exact) mass is 517 g/mol. The van der Waals surface area contributed by atoms with Crippen LogP contribution < -0.4 is 20.7 Å². The topological polar surface area (TPSA) is 132 Å². The van der Waals surface area contributed by atoms with E-state index in [1.807, 2.05) is 28.4 Å². The van der Waals surface area contributed by atoms with E-state index in [9.17, 15) is 5.11 Å². The maximum Gasteiger partial charge on any atom is 0.232 e. The van der Waals surface area contributed by atoms with Crippen LogP contribution in [0.1, 0.15) is 48.5 Å². The third kappa shape index (κ3) is 4.15. The number of aromatic nitrogens is 6. The van der Waals surface area contributed by atoms with E-state index in [4.69, 9.17) is 25.5 Å². The summed E-state index contributed by atoms with van der Waals surface area (Å²) in [7, 11) is 1.68. The van der Waals surface area contributed by atoms with E-state index in [2.05, 4.69) is 35.1 Å². The molecule has 0 unspecified atom stereocenters. The fourth-order valence-electron chi connectivity index (χ4n) is 5.65. The fraction of sp³-hybridized carbons (Fsp3) is 0.481. The number of benzene rings is 1. The van der Waals surface area contributed by atoms with Crippen molar-refractivity contribution in [2.45, 2.75) is 64.6 Å². The second-order valence-corrected chi connectivity index (χ2v) is 10.5. The molecule has 38 heavy (non-hydrogen) atoms. The Morgan fingerprint density at radius 1 is 1.18 bits per heavy atom. The van der Waals surface area contributed by atoms with Gasteiger partial charge < -0.3 is 30.4 Å². The number of rotatable bonds is 7. The molecule has 6 rings (SSSR count). The molecular weight excluding hydrogens is 482 g/mol. The lowest BCUT2D eigenvalue weighted by molar-refractivity contribution is 0.252. The minimum atomic E-state index is 0.0276. The highest BCUT2D eigenvalue weighted by Gasteiger charge is 2.33. The zero-order chi connectivity index (χ0) is 26.6. The number of nitrogens with zero attached hydrogens (tertiary/aromatic N) is 7. The summed E-state index contributed by atoms with van der Waals surface area (Å²) < 4.78 is 9.51. The van der Waals surface area contributed by atoms with E-state index in [0.717, 1.165) is 77.3 Å². The molecule has 0 radical (unpaired) electrons. The lowest BCUT2D eigenvalue weighted by atomic mass is 9.88. The highest BCUT2D eigenvalue weighted by Crippen LogP contribution is 2.38. The number of aliphatic hydroxyl groups excluding tert-OH is 1. The zero-order valence-electron chi connectivity index (χ0n) is 22.3. The second kappa shape index (κ2) is 9.55. The van der Waals surface area contributed by atoms with Gasteiger partial charge in [0.2, 0.25) is 5.95 Å². The molecule has 1 saturated heterocycles. The first kappa shape index (κ1) is 24.6. The van der Waals surface area contributed by atoms with Gasteiger partial charge in [0.25, 0.3) is 0 Å². The number of ether oxygens (including phenoxy) is 1. The van der Waals surface area contributed by atoms with Gasteiger partial charge in [-0.05, 0) is 63.6 Å². The molecule has 2 fully saturated rings. The molecule has 4 aromatic rings. The van der Waals surface area contributed by atoms with Crippen molar-refractivity contribution in [2.24, 2.45) is 5.73 Å². The van der Waals surface area contributed by atoms with Crippen molar-refractivity contribution in [3.8, 4) is 11.4 Å². The van der Waals surface area contributed by atoms with Gasteiger partial charge in [0.15, 0.2) is 11.5 Å². The lowest BCUT2D eigenvalue weighted by Crippen LogP contribution is -2.38. The number of hydrogen-bond acceptors (Lipinski definition) is 9. The second-order valence-electron chi connectivity index (χ2n) is 10.5. The Balaban J connectivity index is 1.39. The van der Waals surface area contributed by atoms with Crippen LogP contribution in [0.3, 0.4) is 0 Å². The van der Waals surface area contributed by atoms with E-state index in [-0.39, 0.29) is 24.7 Å². The normalized spacial score (nSPS) is 21.2. The summed E-state index contributed by atoms with van der Waals surface area (Å²) in [5.74, 6) is 2.72. The summed E-state index contributed by atoms with van der Waals surface area (Å²) >= 11 is 0. The molecule has 1 saturated carbocycles. The molecule has 3 aromatic heterocycles. The average molecular weight is 518 g/mol. The molecule has 4 heterocycles. The smallest absolute Gasteiger partial charge is 0.232 e. The van der Waals surface area contributed by atoms with Crippen LogP contribution in [0.2, 0.25) is 0 Å². The van der Waals surface area contributed by atoms with Crippen molar-refractivity contribution < 1.29 is 9.84 Å². The van der Waals surface area contributed by atoms with Crippen LogP contribution in [0.15, 0.2) is 24.7 Å². The highest BCUT2D eigenvalue weighted by atomic mass is 16.5. The van der Waals surface area contributed by atoms with Gasteiger partial charge in [-0.1, -0.05) is 0 Å². The number of nitrogens with one attached hydrogen (secondary N) is 1.